The molecule has 1 aromatic rings. The van der Waals surface area contributed by atoms with Gasteiger partial charge in [-0.15, -0.1) is 11.3 Å². The molecule has 0 radical (unpaired) electrons. The maximum Gasteiger partial charge on any atom is 0.228 e. The van der Waals surface area contributed by atoms with Gasteiger partial charge >= 0.3 is 0 Å². The number of rotatable bonds is 3. The highest BCUT2D eigenvalue weighted by Gasteiger charge is 2.19. The van der Waals surface area contributed by atoms with Gasteiger partial charge in [-0.05, 0) is 6.92 Å². The fraction of sp³-hybridized carbons (Fsp3) is 0.636. The van der Waals surface area contributed by atoms with Crippen LogP contribution in [0.1, 0.15) is 15.6 Å². The first-order valence-corrected chi connectivity index (χ1v) is 6.53. The SMILES string of the molecule is Cc1nc(CN)sc1CC(=O)N1CCOCC1. The smallest absolute Gasteiger partial charge is 0.228 e. The Labute approximate surface area is 105 Å². The van der Waals surface area contributed by atoms with E-state index in [1.807, 2.05) is 11.8 Å². The molecule has 0 saturated carbocycles. The minimum Gasteiger partial charge on any atom is -0.378 e. The van der Waals surface area contributed by atoms with E-state index in [9.17, 15) is 4.79 Å². The second-order valence-corrected chi connectivity index (χ2v) is 5.16. The van der Waals surface area contributed by atoms with E-state index in [1.54, 1.807) is 0 Å². The van der Waals surface area contributed by atoms with Crippen molar-refractivity contribution in [2.45, 2.75) is 19.9 Å². The zero-order chi connectivity index (χ0) is 12.3. The predicted molar refractivity (Wildman–Crippen MR) is 65.8 cm³/mol. The summed E-state index contributed by atoms with van der Waals surface area (Å²) in [6.07, 6.45) is 0.434. The van der Waals surface area contributed by atoms with E-state index in [1.165, 1.54) is 11.3 Å². The van der Waals surface area contributed by atoms with Crippen LogP contribution in [0.3, 0.4) is 0 Å². The van der Waals surface area contributed by atoms with Gasteiger partial charge in [0.25, 0.3) is 0 Å². The van der Waals surface area contributed by atoms with E-state index in [4.69, 9.17) is 10.5 Å². The minimum atomic E-state index is 0.156. The van der Waals surface area contributed by atoms with Gasteiger partial charge in [0.05, 0.1) is 25.3 Å². The maximum atomic E-state index is 12.0. The zero-order valence-electron chi connectivity index (χ0n) is 9.94. The standard InChI is InChI=1S/C11H17N3O2S/c1-8-9(17-10(7-12)13-8)6-11(15)14-2-4-16-5-3-14/h2-7,12H2,1H3. The Morgan fingerprint density at radius 1 is 1.53 bits per heavy atom. The second kappa shape index (κ2) is 5.57. The molecule has 0 aliphatic carbocycles. The molecule has 94 valence electrons. The molecule has 2 rings (SSSR count). The number of hydrogen-bond acceptors (Lipinski definition) is 5. The summed E-state index contributed by atoms with van der Waals surface area (Å²) < 4.78 is 5.23. The summed E-state index contributed by atoms with van der Waals surface area (Å²) in [5.74, 6) is 0.156. The van der Waals surface area contributed by atoms with E-state index < -0.39 is 0 Å². The van der Waals surface area contributed by atoms with Gasteiger partial charge in [-0.25, -0.2) is 4.98 Å². The third kappa shape index (κ3) is 3.02. The number of nitrogens with two attached hydrogens (primary N) is 1. The minimum absolute atomic E-state index is 0.156. The average Bonchev–Trinajstić information content (AvgIpc) is 2.71. The van der Waals surface area contributed by atoms with Crippen molar-refractivity contribution in [3.05, 3.63) is 15.6 Å². The van der Waals surface area contributed by atoms with Crippen molar-refractivity contribution in [3.8, 4) is 0 Å². The van der Waals surface area contributed by atoms with Gasteiger partial charge in [0.1, 0.15) is 5.01 Å². The average molecular weight is 255 g/mol. The number of carbonyl (C=O) groups excluding carboxylic acids is 1. The molecule has 0 bridgehead atoms. The van der Waals surface area contributed by atoms with Crippen LogP contribution in [-0.2, 0) is 22.5 Å². The number of carbonyl (C=O) groups is 1. The first-order valence-electron chi connectivity index (χ1n) is 5.71. The van der Waals surface area contributed by atoms with Crippen LogP contribution in [0.4, 0.5) is 0 Å². The van der Waals surface area contributed by atoms with Crippen LogP contribution in [0.25, 0.3) is 0 Å². The molecule has 6 heteroatoms. The summed E-state index contributed by atoms with van der Waals surface area (Å²) in [7, 11) is 0. The molecule has 2 N–H and O–H groups in total. The molecular formula is C11H17N3O2S. The lowest BCUT2D eigenvalue weighted by Gasteiger charge is -2.26. The van der Waals surface area contributed by atoms with Crippen molar-refractivity contribution < 1.29 is 9.53 Å². The van der Waals surface area contributed by atoms with E-state index >= 15 is 0 Å². The molecule has 2 heterocycles. The van der Waals surface area contributed by atoms with Crippen molar-refractivity contribution in [2.24, 2.45) is 5.73 Å². The first kappa shape index (κ1) is 12.5. The Morgan fingerprint density at radius 2 is 2.24 bits per heavy atom. The quantitative estimate of drug-likeness (QED) is 0.844. The molecule has 0 spiro atoms. The summed E-state index contributed by atoms with van der Waals surface area (Å²) >= 11 is 1.54. The summed E-state index contributed by atoms with van der Waals surface area (Å²) in [6.45, 7) is 5.04. The lowest BCUT2D eigenvalue weighted by molar-refractivity contribution is -0.134. The van der Waals surface area contributed by atoms with Crippen LogP contribution in [0.5, 0.6) is 0 Å². The summed E-state index contributed by atoms with van der Waals surface area (Å²) in [6, 6.07) is 0. The molecular weight excluding hydrogens is 238 g/mol. The molecule has 0 unspecified atom stereocenters. The van der Waals surface area contributed by atoms with Crippen molar-refractivity contribution in [1.82, 2.24) is 9.88 Å². The third-order valence-corrected chi connectivity index (χ3v) is 3.97. The normalized spacial score (nSPS) is 16.2. The maximum absolute atomic E-state index is 12.0. The van der Waals surface area contributed by atoms with Crippen LogP contribution in [0, 0.1) is 6.92 Å². The van der Waals surface area contributed by atoms with Crippen LogP contribution in [0.2, 0.25) is 0 Å². The molecule has 1 amide bonds. The van der Waals surface area contributed by atoms with Crippen LogP contribution in [0.15, 0.2) is 0 Å². The summed E-state index contributed by atoms with van der Waals surface area (Å²) in [5.41, 5.74) is 6.47. The summed E-state index contributed by atoms with van der Waals surface area (Å²) in [4.78, 5) is 19.2. The van der Waals surface area contributed by atoms with Crippen LogP contribution < -0.4 is 5.73 Å². The van der Waals surface area contributed by atoms with Crippen molar-refractivity contribution in [3.63, 3.8) is 0 Å². The van der Waals surface area contributed by atoms with E-state index in [2.05, 4.69) is 4.98 Å². The number of hydrogen-bond donors (Lipinski definition) is 1. The van der Waals surface area contributed by atoms with Gasteiger partial charge in [0.2, 0.25) is 5.91 Å². The van der Waals surface area contributed by atoms with Gasteiger partial charge in [-0.3, -0.25) is 4.79 Å². The Hall–Kier alpha value is -0.980. The number of nitrogens with zero attached hydrogens (tertiary/aromatic N) is 2. The van der Waals surface area contributed by atoms with Crippen LogP contribution >= 0.6 is 11.3 Å². The van der Waals surface area contributed by atoms with E-state index in [-0.39, 0.29) is 5.91 Å². The van der Waals surface area contributed by atoms with E-state index in [0.717, 1.165) is 15.6 Å². The number of thiazole rings is 1. The highest BCUT2D eigenvalue weighted by molar-refractivity contribution is 7.11. The first-order chi connectivity index (χ1) is 8.20. The molecule has 17 heavy (non-hydrogen) atoms. The molecule has 5 nitrogen and oxygen atoms in total. The molecule has 1 aliphatic heterocycles. The number of ether oxygens (including phenoxy) is 1. The predicted octanol–water partition coefficient (Wildman–Crippen LogP) is 0.312. The number of morpholine rings is 1. The fourth-order valence-electron chi connectivity index (χ4n) is 1.80. The molecule has 1 saturated heterocycles. The van der Waals surface area contributed by atoms with Gasteiger partial charge in [-0.2, -0.15) is 0 Å². The number of aryl methyl sites for hydroxylation is 1. The van der Waals surface area contributed by atoms with Crippen molar-refractivity contribution in [1.29, 1.82) is 0 Å². The topological polar surface area (TPSA) is 68.5 Å². The number of amides is 1. The Kier molecular flexibility index (Phi) is 4.09. The van der Waals surface area contributed by atoms with Crippen molar-refractivity contribution in [2.75, 3.05) is 26.3 Å². The van der Waals surface area contributed by atoms with Crippen molar-refractivity contribution >= 4 is 17.2 Å². The molecule has 1 fully saturated rings. The van der Waals surface area contributed by atoms with Gasteiger partial charge < -0.3 is 15.4 Å². The highest BCUT2D eigenvalue weighted by atomic mass is 32.1. The Balaban J connectivity index is 1.99. The highest BCUT2D eigenvalue weighted by Crippen LogP contribution is 2.19. The Bertz CT molecular complexity index is 399. The third-order valence-electron chi connectivity index (χ3n) is 2.79. The molecule has 0 atom stereocenters. The second-order valence-electron chi connectivity index (χ2n) is 3.99. The lowest BCUT2D eigenvalue weighted by Crippen LogP contribution is -2.41. The van der Waals surface area contributed by atoms with Gasteiger partial charge in [0.15, 0.2) is 0 Å². The molecule has 0 aromatic carbocycles. The summed E-state index contributed by atoms with van der Waals surface area (Å²) in [5, 5.41) is 0.896. The largest absolute Gasteiger partial charge is 0.378 e. The number of aromatic nitrogens is 1. The fourth-order valence-corrected chi connectivity index (χ4v) is 2.74. The molecule has 1 aliphatic rings. The lowest BCUT2D eigenvalue weighted by atomic mass is 10.2. The van der Waals surface area contributed by atoms with E-state index in [0.29, 0.717) is 39.3 Å². The van der Waals surface area contributed by atoms with Gasteiger partial charge in [0, 0.05) is 24.5 Å². The zero-order valence-corrected chi connectivity index (χ0v) is 10.8. The van der Waals surface area contributed by atoms with Crippen LogP contribution in [-0.4, -0.2) is 42.1 Å². The van der Waals surface area contributed by atoms with Gasteiger partial charge in [-0.1, -0.05) is 0 Å². The Morgan fingerprint density at radius 3 is 2.82 bits per heavy atom. The monoisotopic (exact) mass is 255 g/mol. The molecule has 1 aromatic heterocycles.